The number of carbonyl (C=O) groups is 1. The number of hydrogen-bond donors (Lipinski definition) is 2. The van der Waals surface area contributed by atoms with Crippen LogP contribution in [0, 0.1) is 5.82 Å². The van der Waals surface area contributed by atoms with E-state index in [4.69, 9.17) is 22.1 Å². The smallest absolute Gasteiger partial charge is 0.263 e. The highest BCUT2D eigenvalue weighted by atomic mass is 35.5. The van der Waals surface area contributed by atoms with E-state index in [2.05, 4.69) is 26.8 Å². The van der Waals surface area contributed by atoms with E-state index < -0.39 is 17.2 Å². The highest BCUT2D eigenvalue weighted by molar-refractivity contribution is 6.34. The second-order valence-electron chi connectivity index (χ2n) is 7.21. The molecule has 0 spiro atoms. The lowest BCUT2D eigenvalue weighted by Gasteiger charge is -2.11. The topological polar surface area (TPSA) is 125 Å². The van der Waals surface area contributed by atoms with Gasteiger partial charge in [-0.05, 0) is 17.7 Å². The largest absolute Gasteiger partial charge is 0.452 e. The first kappa shape index (κ1) is 23.6. The minimum atomic E-state index is -0.713. The van der Waals surface area contributed by atoms with Crippen LogP contribution >= 0.6 is 11.6 Å². The van der Waals surface area contributed by atoms with Crippen molar-refractivity contribution in [1.82, 2.24) is 19.5 Å². The maximum Gasteiger partial charge on any atom is 0.263 e. The van der Waals surface area contributed by atoms with Gasteiger partial charge in [-0.2, -0.15) is 0 Å². The Morgan fingerprint density at radius 1 is 1.17 bits per heavy atom. The maximum atomic E-state index is 13.3. The number of nitrogens with one attached hydrogen (secondary N) is 1. The number of benzene rings is 1. The molecule has 0 radical (unpaired) electrons. The maximum absolute atomic E-state index is 13.3. The highest BCUT2D eigenvalue weighted by Crippen LogP contribution is 2.31. The third-order valence-corrected chi connectivity index (χ3v) is 5.16. The summed E-state index contributed by atoms with van der Waals surface area (Å²) in [6.45, 7) is 4.03. The van der Waals surface area contributed by atoms with Crippen LogP contribution in [0.2, 0.25) is 5.02 Å². The van der Waals surface area contributed by atoms with Crippen molar-refractivity contribution >= 4 is 29.3 Å². The van der Waals surface area contributed by atoms with Crippen LogP contribution in [0.4, 0.5) is 16.2 Å². The normalized spacial score (nSPS) is 10.6. The number of carbonyl (C=O) groups excluding carboxylic acids is 1. The van der Waals surface area contributed by atoms with E-state index in [0.717, 1.165) is 0 Å². The van der Waals surface area contributed by atoms with Gasteiger partial charge in [0.25, 0.3) is 5.91 Å². The van der Waals surface area contributed by atoms with Gasteiger partial charge >= 0.3 is 0 Å². The van der Waals surface area contributed by atoms with Gasteiger partial charge in [0, 0.05) is 36.8 Å². The Hall–Kier alpha value is -4.57. The van der Waals surface area contributed by atoms with Crippen LogP contribution in [0.1, 0.15) is 10.4 Å². The molecule has 11 heteroatoms. The minimum Gasteiger partial charge on any atom is -0.452 e. The van der Waals surface area contributed by atoms with Crippen LogP contribution in [-0.2, 0) is 6.54 Å². The molecule has 0 aliphatic rings. The van der Waals surface area contributed by atoms with Gasteiger partial charge in [-0.15, -0.1) is 6.58 Å². The molecule has 1 amide bonds. The van der Waals surface area contributed by atoms with Crippen molar-refractivity contribution in [2.45, 2.75) is 6.54 Å². The molecular weight excluding hydrogens is 475 g/mol. The lowest BCUT2D eigenvalue weighted by Crippen LogP contribution is -2.25. The molecule has 4 aromatic rings. The number of nitrogens with two attached hydrogens (primary N) is 1. The van der Waals surface area contributed by atoms with Gasteiger partial charge in [0.2, 0.25) is 11.4 Å². The van der Waals surface area contributed by atoms with Gasteiger partial charge in [0.1, 0.15) is 22.2 Å². The summed E-state index contributed by atoms with van der Waals surface area (Å²) in [5.74, 6) is -0.589. The van der Waals surface area contributed by atoms with Gasteiger partial charge in [-0.3, -0.25) is 14.9 Å². The fourth-order valence-corrected chi connectivity index (χ4v) is 3.28. The second kappa shape index (κ2) is 10.1. The predicted octanol–water partition coefficient (Wildman–Crippen LogP) is 4.31. The number of anilines is 2. The quantitative estimate of drug-likeness (QED) is 0.368. The Morgan fingerprint density at radius 2 is 1.89 bits per heavy atom. The van der Waals surface area contributed by atoms with E-state index in [1.807, 2.05) is 0 Å². The molecule has 3 N–H and O–H groups in total. The molecule has 0 unspecified atom stereocenters. The number of aromatic nitrogens is 4. The Labute approximate surface area is 203 Å². The summed E-state index contributed by atoms with van der Waals surface area (Å²) < 4.78 is 20.6. The van der Waals surface area contributed by atoms with Crippen LogP contribution in [-0.4, -0.2) is 25.4 Å². The molecule has 35 heavy (non-hydrogen) atoms. The standard InChI is InChI=1S/C24H18ClFN6O3/c1-2-9-32-12-17(14-3-5-15(26)6-4-14)21(33)18(13-32)23(34)31-24-29-10-16(11-30-24)35-19-7-8-28-22(27)20(19)25/h2-8,10-13H,1,9H2,(H2,27,28)(H,29,30,31,34). The molecule has 0 aliphatic heterocycles. The molecule has 176 valence electrons. The van der Waals surface area contributed by atoms with Crippen molar-refractivity contribution in [3.63, 3.8) is 0 Å². The van der Waals surface area contributed by atoms with Gasteiger partial charge in [-0.1, -0.05) is 29.8 Å². The van der Waals surface area contributed by atoms with E-state index >= 15 is 0 Å². The second-order valence-corrected chi connectivity index (χ2v) is 7.59. The Morgan fingerprint density at radius 3 is 2.57 bits per heavy atom. The first-order chi connectivity index (χ1) is 16.9. The molecule has 0 aliphatic carbocycles. The Balaban J connectivity index is 1.58. The summed E-state index contributed by atoms with van der Waals surface area (Å²) in [5.41, 5.74) is 5.69. The summed E-state index contributed by atoms with van der Waals surface area (Å²) in [4.78, 5) is 37.9. The predicted molar refractivity (Wildman–Crippen MR) is 130 cm³/mol. The SMILES string of the molecule is C=CCn1cc(C(=O)Nc2ncc(Oc3ccnc(N)c3Cl)cn2)c(=O)c(-c2ccc(F)cc2)c1. The third kappa shape index (κ3) is 5.33. The summed E-state index contributed by atoms with van der Waals surface area (Å²) >= 11 is 6.06. The molecule has 4 rings (SSSR count). The third-order valence-electron chi connectivity index (χ3n) is 4.78. The number of nitrogens with zero attached hydrogens (tertiary/aromatic N) is 4. The van der Waals surface area contributed by atoms with Crippen LogP contribution in [0.15, 0.2) is 78.8 Å². The molecule has 3 heterocycles. The van der Waals surface area contributed by atoms with Gasteiger partial charge in [0.05, 0.1) is 12.4 Å². The molecule has 3 aromatic heterocycles. The lowest BCUT2D eigenvalue weighted by atomic mass is 10.0. The monoisotopic (exact) mass is 492 g/mol. The van der Waals surface area contributed by atoms with E-state index in [9.17, 15) is 14.0 Å². The Kier molecular flexibility index (Phi) is 6.83. The molecule has 1 aromatic carbocycles. The molecule has 0 bridgehead atoms. The molecule has 0 saturated carbocycles. The highest BCUT2D eigenvalue weighted by Gasteiger charge is 2.17. The fraction of sp³-hybridized carbons (Fsp3) is 0.0417. The van der Waals surface area contributed by atoms with Crippen molar-refractivity contribution in [2.75, 3.05) is 11.1 Å². The molecular formula is C24H18ClFN6O3. The zero-order valence-electron chi connectivity index (χ0n) is 18.1. The van der Waals surface area contributed by atoms with Gasteiger partial charge in [0.15, 0.2) is 11.5 Å². The molecule has 0 fully saturated rings. The van der Waals surface area contributed by atoms with Crippen LogP contribution in [0.3, 0.4) is 0 Å². The van der Waals surface area contributed by atoms with Crippen molar-refractivity contribution in [3.05, 3.63) is 101 Å². The number of allylic oxidation sites excluding steroid dienone is 1. The zero-order valence-corrected chi connectivity index (χ0v) is 18.9. The van der Waals surface area contributed by atoms with Crippen molar-refractivity contribution in [2.24, 2.45) is 0 Å². The van der Waals surface area contributed by atoms with Crippen LogP contribution in [0.25, 0.3) is 11.1 Å². The minimum absolute atomic E-state index is 0.0513. The molecule has 0 saturated heterocycles. The Bertz CT molecular complexity index is 1460. The van der Waals surface area contributed by atoms with Crippen LogP contribution in [0.5, 0.6) is 11.5 Å². The first-order valence-electron chi connectivity index (χ1n) is 10.2. The first-order valence-corrected chi connectivity index (χ1v) is 10.6. The lowest BCUT2D eigenvalue weighted by molar-refractivity contribution is 0.102. The number of nitrogen functional groups attached to an aromatic ring is 1. The van der Waals surface area contributed by atoms with E-state index in [0.29, 0.717) is 12.1 Å². The summed E-state index contributed by atoms with van der Waals surface area (Å²) in [6, 6.07) is 6.94. The number of amides is 1. The van der Waals surface area contributed by atoms with E-state index in [-0.39, 0.29) is 39.4 Å². The van der Waals surface area contributed by atoms with E-state index in [1.54, 1.807) is 16.8 Å². The number of ether oxygens (including phenoxy) is 1. The van der Waals surface area contributed by atoms with E-state index in [1.165, 1.54) is 55.1 Å². The summed E-state index contributed by atoms with van der Waals surface area (Å²) in [7, 11) is 0. The molecule has 9 nitrogen and oxygen atoms in total. The average molecular weight is 493 g/mol. The van der Waals surface area contributed by atoms with Crippen molar-refractivity contribution < 1.29 is 13.9 Å². The van der Waals surface area contributed by atoms with Gasteiger partial charge in [-0.25, -0.2) is 19.3 Å². The van der Waals surface area contributed by atoms with Crippen molar-refractivity contribution in [3.8, 4) is 22.6 Å². The number of pyridine rings is 2. The number of rotatable bonds is 7. The van der Waals surface area contributed by atoms with Crippen molar-refractivity contribution in [1.29, 1.82) is 0 Å². The number of halogens is 2. The van der Waals surface area contributed by atoms with Crippen LogP contribution < -0.4 is 21.2 Å². The molecule has 0 atom stereocenters. The van der Waals surface area contributed by atoms with Gasteiger partial charge < -0.3 is 15.0 Å². The zero-order chi connectivity index (χ0) is 24.9. The summed E-state index contributed by atoms with van der Waals surface area (Å²) in [5, 5.41) is 2.64. The summed E-state index contributed by atoms with van der Waals surface area (Å²) in [6.07, 6.45) is 8.67. The number of hydrogen-bond acceptors (Lipinski definition) is 7. The fourth-order valence-electron chi connectivity index (χ4n) is 3.13. The average Bonchev–Trinajstić information content (AvgIpc) is 2.85.